The quantitative estimate of drug-likeness (QED) is 0.917. The zero-order chi connectivity index (χ0) is 13.9. The molecule has 1 unspecified atom stereocenters. The number of pyridine rings is 1. The molecular formula is C13H19FN2O2S. The zero-order valence-corrected chi connectivity index (χ0v) is 11.8. The molecule has 1 saturated heterocycles. The summed E-state index contributed by atoms with van der Waals surface area (Å²) in [7, 11) is -2.83. The van der Waals surface area contributed by atoms with Crippen LogP contribution in [-0.4, -0.2) is 30.9 Å². The van der Waals surface area contributed by atoms with Gasteiger partial charge in [-0.15, -0.1) is 0 Å². The number of nitrogens with zero attached hydrogens (tertiary/aromatic N) is 1. The molecule has 2 rings (SSSR count). The Morgan fingerprint density at radius 3 is 2.63 bits per heavy atom. The van der Waals surface area contributed by atoms with Crippen LogP contribution < -0.4 is 5.32 Å². The highest BCUT2D eigenvalue weighted by molar-refractivity contribution is 7.91. The number of sulfone groups is 1. The van der Waals surface area contributed by atoms with Crippen molar-refractivity contribution in [3.8, 4) is 0 Å². The van der Waals surface area contributed by atoms with E-state index in [9.17, 15) is 12.8 Å². The average Bonchev–Trinajstić information content (AvgIpc) is 2.39. The number of hydrogen-bond donors (Lipinski definition) is 1. The van der Waals surface area contributed by atoms with Gasteiger partial charge in [0.2, 0.25) is 0 Å². The van der Waals surface area contributed by atoms with E-state index < -0.39 is 9.84 Å². The van der Waals surface area contributed by atoms with Crippen LogP contribution in [0.25, 0.3) is 0 Å². The van der Waals surface area contributed by atoms with Gasteiger partial charge in [-0.3, -0.25) is 4.98 Å². The van der Waals surface area contributed by atoms with Crippen molar-refractivity contribution in [3.63, 3.8) is 0 Å². The number of nitrogens with one attached hydrogen (secondary N) is 1. The number of hydrogen-bond acceptors (Lipinski definition) is 4. The van der Waals surface area contributed by atoms with Gasteiger partial charge in [0.15, 0.2) is 0 Å². The lowest BCUT2D eigenvalue weighted by Crippen LogP contribution is -2.39. The SMILES string of the molecule is CCC(NC1CCS(=O)(=O)CC1)c1ccc(F)cn1. The molecule has 1 aromatic rings. The molecule has 0 amide bonds. The van der Waals surface area contributed by atoms with E-state index in [1.807, 2.05) is 6.92 Å². The van der Waals surface area contributed by atoms with Gasteiger partial charge in [0.25, 0.3) is 0 Å². The monoisotopic (exact) mass is 286 g/mol. The first-order valence-corrected chi connectivity index (χ1v) is 8.40. The van der Waals surface area contributed by atoms with E-state index in [0.29, 0.717) is 12.8 Å². The minimum absolute atomic E-state index is 0.0476. The molecule has 0 aliphatic carbocycles. The Balaban J connectivity index is 1.98. The molecule has 1 N–H and O–H groups in total. The predicted molar refractivity (Wildman–Crippen MR) is 72.0 cm³/mol. The molecule has 0 radical (unpaired) electrons. The molecule has 19 heavy (non-hydrogen) atoms. The third-order valence-corrected chi connectivity index (χ3v) is 5.22. The summed E-state index contributed by atoms with van der Waals surface area (Å²) in [6.07, 6.45) is 3.33. The molecule has 6 heteroatoms. The lowest BCUT2D eigenvalue weighted by atomic mass is 10.1. The van der Waals surface area contributed by atoms with Crippen LogP contribution in [-0.2, 0) is 9.84 Å². The lowest BCUT2D eigenvalue weighted by molar-refractivity contribution is 0.392. The zero-order valence-electron chi connectivity index (χ0n) is 11.0. The second-order valence-electron chi connectivity index (χ2n) is 4.95. The summed E-state index contributed by atoms with van der Waals surface area (Å²) >= 11 is 0. The van der Waals surface area contributed by atoms with Gasteiger partial charge in [0.05, 0.1) is 23.4 Å². The minimum Gasteiger partial charge on any atom is -0.306 e. The van der Waals surface area contributed by atoms with Crippen molar-refractivity contribution in [1.29, 1.82) is 0 Å². The standard InChI is InChI=1S/C13H19FN2O2S/c1-2-12(13-4-3-10(14)9-15-13)16-11-5-7-19(17,18)8-6-11/h3-4,9,11-12,16H,2,5-8H2,1H3. The highest BCUT2D eigenvalue weighted by Crippen LogP contribution is 2.19. The van der Waals surface area contributed by atoms with Crippen LogP contribution in [0.15, 0.2) is 18.3 Å². The van der Waals surface area contributed by atoms with Crippen LogP contribution >= 0.6 is 0 Å². The van der Waals surface area contributed by atoms with Crippen molar-refractivity contribution in [1.82, 2.24) is 10.3 Å². The minimum atomic E-state index is -2.83. The molecule has 1 aromatic heterocycles. The van der Waals surface area contributed by atoms with Crippen LogP contribution in [0.5, 0.6) is 0 Å². The maximum absolute atomic E-state index is 12.8. The molecule has 106 valence electrons. The summed E-state index contributed by atoms with van der Waals surface area (Å²) in [4.78, 5) is 4.09. The molecular weight excluding hydrogens is 267 g/mol. The Hall–Kier alpha value is -1.01. The predicted octanol–water partition coefficient (Wildman–Crippen LogP) is 1.84. The normalized spacial score (nSPS) is 21.2. The van der Waals surface area contributed by atoms with Gasteiger partial charge in [-0.05, 0) is 31.4 Å². The summed E-state index contributed by atoms with van der Waals surface area (Å²) in [5, 5.41) is 3.43. The van der Waals surface area contributed by atoms with Crippen molar-refractivity contribution in [3.05, 3.63) is 29.8 Å². The largest absolute Gasteiger partial charge is 0.306 e. The Morgan fingerprint density at radius 1 is 1.42 bits per heavy atom. The highest BCUT2D eigenvalue weighted by Gasteiger charge is 2.25. The first kappa shape index (κ1) is 14.4. The molecule has 0 saturated carbocycles. The van der Waals surface area contributed by atoms with Crippen LogP contribution in [0.2, 0.25) is 0 Å². The van der Waals surface area contributed by atoms with Crippen LogP contribution in [0.4, 0.5) is 4.39 Å². The van der Waals surface area contributed by atoms with Gasteiger partial charge in [0, 0.05) is 12.1 Å². The Bertz CT molecular complexity index is 502. The van der Waals surface area contributed by atoms with Crippen molar-refractivity contribution >= 4 is 9.84 Å². The van der Waals surface area contributed by atoms with E-state index in [4.69, 9.17) is 0 Å². The molecule has 1 aliphatic heterocycles. The molecule has 0 aromatic carbocycles. The maximum atomic E-state index is 12.8. The molecule has 1 aliphatic rings. The highest BCUT2D eigenvalue weighted by atomic mass is 32.2. The van der Waals surface area contributed by atoms with E-state index in [0.717, 1.165) is 12.1 Å². The molecule has 1 fully saturated rings. The fraction of sp³-hybridized carbons (Fsp3) is 0.615. The topological polar surface area (TPSA) is 59.1 Å². The second kappa shape index (κ2) is 5.96. The Morgan fingerprint density at radius 2 is 2.11 bits per heavy atom. The van der Waals surface area contributed by atoms with Gasteiger partial charge in [-0.2, -0.15) is 0 Å². The van der Waals surface area contributed by atoms with Crippen LogP contribution in [0, 0.1) is 5.82 Å². The van der Waals surface area contributed by atoms with Crippen LogP contribution in [0.3, 0.4) is 0 Å². The molecule has 2 heterocycles. The molecule has 1 atom stereocenters. The summed E-state index contributed by atoms with van der Waals surface area (Å²) in [5.41, 5.74) is 0.803. The summed E-state index contributed by atoms with van der Waals surface area (Å²) in [5.74, 6) is 0.151. The fourth-order valence-electron chi connectivity index (χ4n) is 2.35. The first-order chi connectivity index (χ1) is 9.00. The van der Waals surface area contributed by atoms with Gasteiger partial charge >= 0.3 is 0 Å². The fourth-order valence-corrected chi connectivity index (χ4v) is 3.84. The number of rotatable bonds is 4. The average molecular weight is 286 g/mol. The van der Waals surface area contributed by atoms with E-state index in [1.54, 1.807) is 6.07 Å². The third-order valence-electron chi connectivity index (χ3n) is 3.51. The van der Waals surface area contributed by atoms with E-state index >= 15 is 0 Å². The van der Waals surface area contributed by atoms with Gasteiger partial charge in [-0.1, -0.05) is 6.92 Å². The lowest BCUT2D eigenvalue weighted by Gasteiger charge is -2.27. The van der Waals surface area contributed by atoms with Crippen molar-refractivity contribution in [2.24, 2.45) is 0 Å². The Labute approximate surface area is 113 Å². The number of halogens is 1. The molecule has 0 bridgehead atoms. The summed E-state index contributed by atoms with van der Waals surface area (Å²) < 4.78 is 35.6. The van der Waals surface area contributed by atoms with Gasteiger partial charge < -0.3 is 5.32 Å². The van der Waals surface area contributed by atoms with Gasteiger partial charge in [-0.25, -0.2) is 12.8 Å². The van der Waals surface area contributed by atoms with Gasteiger partial charge in [0.1, 0.15) is 15.7 Å². The Kier molecular flexibility index (Phi) is 4.52. The molecule has 0 spiro atoms. The first-order valence-electron chi connectivity index (χ1n) is 6.58. The van der Waals surface area contributed by atoms with Crippen LogP contribution in [0.1, 0.15) is 37.9 Å². The summed E-state index contributed by atoms with van der Waals surface area (Å²) in [6, 6.07) is 3.32. The van der Waals surface area contributed by atoms with E-state index in [1.165, 1.54) is 12.3 Å². The number of aromatic nitrogens is 1. The van der Waals surface area contributed by atoms with Crippen molar-refractivity contribution < 1.29 is 12.8 Å². The van der Waals surface area contributed by atoms with Crippen molar-refractivity contribution in [2.45, 2.75) is 38.3 Å². The summed E-state index contributed by atoms with van der Waals surface area (Å²) in [6.45, 7) is 2.03. The van der Waals surface area contributed by atoms with Crippen molar-refractivity contribution in [2.75, 3.05) is 11.5 Å². The maximum Gasteiger partial charge on any atom is 0.150 e. The van der Waals surface area contributed by atoms with E-state index in [2.05, 4.69) is 10.3 Å². The smallest absolute Gasteiger partial charge is 0.150 e. The third kappa shape index (κ3) is 3.98. The van der Waals surface area contributed by atoms with E-state index in [-0.39, 0.29) is 29.4 Å². The second-order valence-corrected chi connectivity index (χ2v) is 7.26. The molecule has 4 nitrogen and oxygen atoms in total.